The van der Waals surface area contributed by atoms with Crippen LogP contribution >= 0.6 is 23.1 Å². The summed E-state index contributed by atoms with van der Waals surface area (Å²) in [6, 6.07) is 11.0. The molecule has 198 valence electrons. The molecule has 12 heteroatoms. The Morgan fingerprint density at radius 2 is 1.55 bits per heavy atom. The highest BCUT2D eigenvalue weighted by molar-refractivity contribution is 7.99. The molecule has 0 aliphatic heterocycles. The van der Waals surface area contributed by atoms with Crippen LogP contribution in [0.5, 0.6) is 11.5 Å². The van der Waals surface area contributed by atoms with Crippen LogP contribution < -0.4 is 15.0 Å². The van der Waals surface area contributed by atoms with E-state index in [-0.39, 0.29) is 39.3 Å². The molecule has 2 aromatic heterocycles. The Kier molecular flexibility index (Phi) is 7.70. The van der Waals surface area contributed by atoms with Crippen LogP contribution in [-0.4, -0.2) is 34.3 Å². The number of aromatic nitrogens is 2. The highest BCUT2D eigenvalue weighted by Crippen LogP contribution is 2.35. The highest BCUT2D eigenvalue weighted by Gasteiger charge is 2.23. The number of ketones is 1. The molecular formula is C26H20F4N2O4S2. The molecule has 0 saturated carbocycles. The number of rotatable bonds is 9. The molecule has 4 aromatic rings. The molecule has 1 aliphatic carbocycles. The van der Waals surface area contributed by atoms with Gasteiger partial charge in [0.2, 0.25) is 0 Å². The van der Waals surface area contributed by atoms with Gasteiger partial charge in [0.05, 0.1) is 16.8 Å². The fraction of sp³-hybridized carbons (Fsp3) is 0.269. The number of benzene rings is 2. The monoisotopic (exact) mass is 564 g/mol. The maximum atomic E-state index is 13.8. The lowest BCUT2D eigenvalue weighted by Gasteiger charge is -2.14. The van der Waals surface area contributed by atoms with E-state index < -0.39 is 13.2 Å². The van der Waals surface area contributed by atoms with Gasteiger partial charge in [-0.05, 0) is 79.8 Å². The van der Waals surface area contributed by atoms with Crippen molar-refractivity contribution < 1.29 is 31.8 Å². The molecule has 0 saturated heterocycles. The van der Waals surface area contributed by atoms with Gasteiger partial charge in [0.25, 0.3) is 5.56 Å². The summed E-state index contributed by atoms with van der Waals surface area (Å²) in [5.74, 6) is -0.496. The Morgan fingerprint density at radius 1 is 0.947 bits per heavy atom. The minimum atomic E-state index is -2.98. The number of carbonyl (C=O) groups excluding carboxylic acids is 1. The van der Waals surface area contributed by atoms with Gasteiger partial charge in [-0.1, -0.05) is 11.8 Å². The van der Waals surface area contributed by atoms with E-state index in [9.17, 15) is 27.2 Å². The summed E-state index contributed by atoms with van der Waals surface area (Å²) < 4.78 is 60.1. The molecule has 0 amide bonds. The van der Waals surface area contributed by atoms with E-state index in [0.717, 1.165) is 47.9 Å². The number of thiophene rings is 1. The zero-order chi connectivity index (χ0) is 26.8. The van der Waals surface area contributed by atoms with Gasteiger partial charge < -0.3 is 9.47 Å². The predicted octanol–water partition coefficient (Wildman–Crippen LogP) is 6.50. The first-order valence-corrected chi connectivity index (χ1v) is 13.4. The molecule has 2 aromatic carbocycles. The standard InChI is InChI=1S/C26H20F4N2O4S2/c27-24(28)35-16-9-5-14(6-10-16)19(33)13-37-26-31-22-21(18-3-1-2-4-20(18)38-22)23(34)32(26)15-7-11-17(12-8-15)36-25(29)30/h5-12,24-25H,1-4,13H2. The van der Waals surface area contributed by atoms with E-state index in [1.54, 1.807) is 0 Å². The van der Waals surface area contributed by atoms with Crippen LogP contribution in [0.2, 0.25) is 0 Å². The molecular weight excluding hydrogens is 544 g/mol. The number of alkyl halides is 4. The predicted molar refractivity (Wildman–Crippen MR) is 137 cm³/mol. The minimum Gasteiger partial charge on any atom is -0.435 e. The van der Waals surface area contributed by atoms with Gasteiger partial charge in [-0.25, -0.2) is 4.98 Å². The van der Waals surface area contributed by atoms with E-state index in [2.05, 4.69) is 9.47 Å². The van der Waals surface area contributed by atoms with Gasteiger partial charge in [0.1, 0.15) is 16.3 Å². The van der Waals surface area contributed by atoms with Crippen LogP contribution in [0.15, 0.2) is 58.5 Å². The van der Waals surface area contributed by atoms with E-state index in [4.69, 9.17) is 4.98 Å². The Balaban J connectivity index is 1.49. The molecule has 0 fully saturated rings. The topological polar surface area (TPSA) is 70.4 Å². The smallest absolute Gasteiger partial charge is 0.387 e. The third-order valence-corrected chi connectivity index (χ3v) is 8.14. The highest BCUT2D eigenvalue weighted by atomic mass is 32.2. The first-order valence-electron chi connectivity index (χ1n) is 11.6. The molecule has 0 radical (unpaired) electrons. The SMILES string of the molecule is O=C(CSc1nc2sc3c(c2c(=O)n1-c1ccc(OC(F)F)cc1)CCCC3)c1ccc(OC(F)F)cc1. The Morgan fingerprint density at radius 3 is 2.18 bits per heavy atom. The first-order chi connectivity index (χ1) is 18.3. The van der Waals surface area contributed by atoms with Gasteiger partial charge in [-0.2, -0.15) is 17.6 Å². The number of thioether (sulfide) groups is 1. The number of hydrogen-bond donors (Lipinski definition) is 0. The van der Waals surface area contributed by atoms with Crippen molar-refractivity contribution in [2.75, 3.05) is 5.75 Å². The van der Waals surface area contributed by atoms with Crippen LogP contribution in [0.4, 0.5) is 17.6 Å². The first kappa shape index (κ1) is 26.2. The lowest BCUT2D eigenvalue weighted by atomic mass is 9.97. The van der Waals surface area contributed by atoms with E-state index in [0.29, 0.717) is 15.9 Å². The molecule has 0 spiro atoms. The second kappa shape index (κ2) is 11.2. The summed E-state index contributed by atoms with van der Waals surface area (Å²) in [6.07, 6.45) is 3.67. The summed E-state index contributed by atoms with van der Waals surface area (Å²) in [6.45, 7) is -5.95. The summed E-state index contributed by atoms with van der Waals surface area (Å²) in [7, 11) is 0. The lowest BCUT2D eigenvalue weighted by molar-refractivity contribution is -0.0505. The molecule has 0 bridgehead atoms. The van der Waals surface area contributed by atoms with Crippen LogP contribution in [0.1, 0.15) is 33.6 Å². The van der Waals surface area contributed by atoms with Gasteiger partial charge in [0.15, 0.2) is 10.9 Å². The van der Waals surface area contributed by atoms with Crippen molar-refractivity contribution in [3.63, 3.8) is 0 Å². The second-order valence-electron chi connectivity index (χ2n) is 8.41. The van der Waals surface area contributed by atoms with Crippen LogP contribution in [-0.2, 0) is 12.8 Å². The van der Waals surface area contributed by atoms with Crippen molar-refractivity contribution in [2.45, 2.75) is 44.1 Å². The number of aryl methyl sites for hydroxylation is 2. The quantitative estimate of drug-likeness (QED) is 0.100. The Bertz CT molecular complexity index is 1520. The summed E-state index contributed by atoms with van der Waals surface area (Å²) in [5.41, 5.74) is 1.39. The minimum absolute atomic E-state index is 0.0533. The molecule has 38 heavy (non-hydrogen) atoms. The van der Waals surface area contributed by atoms with Crippen LogP contribution in [0.25, 0.3) is 15.9 Å². The van der Waals surface area contributed by atoms with Gasteiger partial charge in [0, 0.05) is 10.4 Å². The molecule has 1 aliphatic rings. The third-order valence-electron chi connectivity index (χ3n) is 6.01. The van der Waals surface area contributed by atoms with Crippen molar-refractivity contribution in [3.05, 3.63) is 74.9 Å². The zero-order valence-electron chi connectivity index (χ0n) is 19.7. The normalized spacial score (nSPS) is 13.2. The molecule has 0 N–H and O–H groups in total. The number of fused-ring (bicyclic) bond motifs is 3. The largest absolute Gasteiger partial charge is 0.435 e. The van der Waals surface area contributed by atoms with Crippen molar-refractivity contribution in [3.8, 4) is 17.2 Å². The maximum Gasteiger partial charge on any atom is 0.387 e. The molecule has 0 unspecified atom stereocenters. The lowest BCUT2D eigenvalue weighted by Crippen LogP contribution is -2.22. The van der Waals surface area contributed by atoms with Crippen molar-refractivity contribution in [1.29, 1.82) is 0 Å². The van der Waals surface area contributed by atoms with Crippen molar-refractivity contribution in [1.82, 2.24) is 9.55 Å². The van der Waals surface area contributed by atoms with E-state index in [1.807, 2.05) is 0 Å². The summed E-state index contributed by atoms with van der Waals surface area (Å²) >= 11 is 2.53. The number of nitrogens with zero attached hydrogens (tertiary/aromatic N) is 2. The Labute approximate surface area is 222 Å². The average molecular weight is 565 g/mol. The fourth-order valence-electron chi connectivity index (χ4n) is 4.32. The summed E-state index contributed by atoms with van der Waals surface area (Å²) in [5, 5.41) is 0.817. The number of hydrogen-bond acceptors (Lipinski definition) is 7. The molecule has 2 heterocycles. The second-order valence-corrected chi connectivity index (χ2v) is 10.4. The number of Topliss-reactive ketones (excluding diaryl/α,β-unsaturated/α-hetero) is 1. The molecule has 0 atom stereocenters. The maximum absolute atomic E-state index is 13.8. The number of halogens is 4. The molecule has 6 nitrogen and oxygen atoms in total. The average Bonchev–Trinajstić information content (AvgIpc) is 3.26. The van der Waals surface area contributed by atoms with Crippen molar-refractivity contribution in [2.24, 2.45) is 0 Å². The van der Waals surface area contributed by atoms with Gasteiger partial charge in [-0.15, -0.1) is 11.3 Å². The number of ether oxygens (including phenoxy) is 2. The van der Waals surface area contributed by atoms with Gasteiger partial charge >= 0.3 is 13.2 Å². The van der Waals surface area contributed by atoms with E-state index in [1.165, 1.54) is 64.4 Å². The zero-order valence-corrected chi connectivity index (χ0v) is 21.3. The molecule has 5 rings (SSSR count). The van der Waals surface area contributed by atoms with E-state index >= 15 is 0 Å². The van der Waals surface area contributed by atoms with Crippen LogP contribution in [0.3, 0.4) is 0 Å². The Hall–Kier alpha value is -3.38. The van der Waals surface area contributed by atoms with Crippen molar-refractivity contribution >= 4 is 39.1 Å². The summed E-state index contributed by atoms with van der Waals surface area (Å²) in [4.78, 5) is 33.1. The van der Waals surface area contributed by atoms with Crippen LogP contribution in [0, 0.1) is 0 Å². The third kappa shape index (κ3) is 5.56. The fourth-order valence-corrected chi connectivity index (χ4v) is 6.53. The number of carbonyl (C=O) groups is 1. The van der Waals surface area contributed by atoms with Gasteiger partial charge in [-0.3, -0.25) is 14.2 Å².